The maximum atomic E-state index is 6.23. The van der Waals surface area contributed by atoms with Gasteiger partial charge in [0.05, 0.1) is 23.5 Å². The van der Waals surface area contributed by atoms with Gasteiger partial charge in [-0.1, -0.05) is 25.4 Å². The molecule has 1 heterocycles. The lowest BCUT2D eigenvalue weighted by atomic mass is 10.1. The molecular weight excluding hydrogens is 403 g/mol. The van der Waals surface area contributed by atoms with E-state index < -0.39 is 0 Å². The average molecular weight is 419 g/mol. The van der Waals surface area contributed by atoms with Gasteiger partial charge >= 0.3 is 0 Å². The maximum Gasteiger partial charge on any atom is 0.161 e. The topological polar surface area (TPSA) is 44.2 Å². The molecule has 6 heteroatoms. The van der Waals surface area contributed by atoms with Gasteiger partial charge in [0, 0.05) is 5.56 Å². The third-order valence-electron chi connectivity index (χ3n) is 3.03. The number of halogens is 2. The summed E-state index contributed by atoms with van der Waals surface area (Å²) < 4.78 is 11.5. The molecule has 0 aliphatic rings. The predicted molar refractivity (Wildman–Crippen MR) is 92.4 cm³/mol. The van der Waals surface area contributed by atoms with Crippen LogP contribution in [0, 0.1) is 3.57 Å². The second-order valence-electron chi connectivity index (χ2n) is 4.76. The van der Waals surface area contributed by atoms with Gasteiger partial charge in [0.2, 0.25) is 0 Å². The van der Waals surface area contributed by atoms with Crippen molar-refractivity contribution in [2.45, 2.75) is 19.8 Å². The third-order valence-corrected chi connectivity index (χ3v) is 4.68. The van der Waals surface area contributed by atoms with Gasteiger partial charge in [-0.05, 0) is 46.7 Å². The molecule has 0 atom stereocenters. The maximum absolute atomic E-state index is 6.23. The lowest BCUT2D eigenvalue weighted by Crippen LogP contribution is -2.02. The van der Waals surface area contributed by atoms with E-state index in [4.69, 9.17) is 21.1 Å². The lowest BCUT2D eigenvalue weighted by Gasteiger charge is -2.12. The first-order valence-electron chi connectivity index (χ1n) is 6.43. The first kappa shape index (κ1) is 16.3. The number of benzene rings is 1. The van der Waals surface area contributed by atoms with Gasteiger partial charge in [-0.25, -0.2) is 9.97 Å². The molecule has 0 saturated heterocycles. The molecule has 0 bridgehead atoms. The molecule has 21 heavy (non-hydrogen) atoms. The molecule has 2 aromatic rings. The quantitative estimate of drug-likeness (QED) is 0.540. The first-order valence-corrected chi connectivity index (χ1v) is 7.89. The Morgan fingerprint density at radius 1 is 1.10 bits per heavy atom. The Bertz CT molecular complexity index is 662. The molecule has 4 nitrogen and oxygen atoms in total. The third kappa shape index (κ3) is 3.40. The van der Waals surface area contributed by atoms with Crippen molar-refractivity contribution >= 4 is 34.2 Å². The normalized spacial score (nSPS) is 10.8. The van der Waals surface area contributed by atoms with Gasteiger partial charge in [0.15, 0.2) is 17.3 Å². The second-order valence-corrected chi connectivity index (χ2v) is 6.20. The number of hydrogen-bond donors (Lipinski definition) is 0. The van der Waals surface area contributed by atoms with Crippen LogP contribution in [-0.4, -0.2) is 24.2 Å². The molecule has 0 amide bonds. The van der Waals surface area contributed by atoms with E-state index in [1.807, 2.05) is 18.2 Å². The van der Waals surface area contributed by atoms with Gasteiger partial charge in [-0.2, -0.15) is 0 Å². The molecule has 0 aliphatic heterocycles. The summed E-state index contributed by atoms with van der Waals surface area (Å²) in [4.78, 5) is 9.00. The SMILES string of the molecule is COc1ccc(-c2nc(Cl)c(I)c(C(C)C)n2)cc1OC. The van der Waals surface area contributed by atoms with Gasteiger partial charge in [-0.15, -0.1) is 0 Å². The van der Waals surface area contributed by atoms with Crippen molar-refractivity contribution in [3.63, 3.8) is 0 Å². The van der Waals surface area contributed by atoms with Crippen LogP contribution in [0.15, 0.2) is 18.2 Å². The summed E-state index contributed by atoms with van der Waals surface area (Å²) in [6.45, 7) is 4.17. The Morgan fingerprint density at radius 2 is 1.76 bits per heavy atom. The molecule has 0 saturated carbocycles. The van der Waals surface area contributed by atoms with Crippen LogP contribution in [0.2, 0.25) is 5.15 Å². The largest absolute Gasteiger partial charge is 0.493 e. The smallest absolute Gasteiger partial charge is 0.161 e. The van der Waals surface area contributed by atoms with Crippen LogP contribution in [0.4, 0.5) is 0 Å². The highest BCUT2D eigenvalue weighted by Gasteiger charge is 2.16. The molecule has 0 fully saturated rings. The molecule has 0 spiro atoms. The number of nitrogens with zero attached hydrogens (tertiary/aromatic N) is 2. The zero-order valence-electron chi connectivity index (χ0n) is 12.3. The summed E-state index contributed by atoms with van der Waals surface area (Å²) in [5.74, 6) is 2.17. The Morgan fingerprint density at radius 3 is 2.33 bits per heavy atom. The Labute approximate surface area is 143 Å². The summed E-state index contributed by atoms with van der Waals surface area (Å²) in [6.07, 6.45) is 0. The van der Waals surface area contributed by atoms with Crippen LogP contribution in [0.25, 0.3) is 11.4 Å². The number of rotatable bonds is 4. The van der Waals surface area contributed by atoms with E-state index in [-0.39, 0.29) is 5.92 Å². The summed E-state index contributed by atoms with van der Waals surface area (Å²) in [5.41, 5.74) is 1.79. The van der Waals surface area contributed by atoms with Gasteiger partial charge in [-0.3, -0.25) is 0 Å². The number of hydrogen-bond acceptors (Lipinski definition) is 4. The van der Waals surface area contributed by atoms with Crippen molar-refractivity contribution in [2.75, 3.05) is 14.2 Å². The predicted octanol–water partition coefficient (Wildman–Crippen LogP) is 4.54. The lowest BCUT2D eigenvalue weighted by molar-refractivity contribution is 0.355. The van der Waals surface area contributed by atoms with Crippen LogP contribution < -0.4 is 9.47 Å². The highest BCUT2D eigenvalue weighted by Crippen LogP contribution is 2.33. The minimum absolute atomic E-state index is 0.274. The van der Waals surface area contributed by atoms with Crippen molar-refractivity contribution in [3.8, 4) is 22.9 Å². The van der Waals surface area contributed by atoms with E-state index in [9.17, 15) is 0 Å². The number of methoxy groups -OCH3 is 2. The monoisotopic (exact) mass is 418 g/mol. The molecule has 112 valence electrons. The summed E-state index contributed by atoms with van der Waals surface area (Å²) in [6, 6.07) is 5.57. The Hall–Kier alpha value is -1.08. The van der Waals surface area contributed by atoms with Gasteiger partial charge in [0.1, 0.15) is 5.15 Å². The van der Waals surface area contributed by atoms with E-state index in [2.05, 4.69) is 46.4 Å². The van der Waals surface area contributed by atoms with E-state index in [1.165, 1.54) is 0 Å². The average Bonchev–Trinajstić information content (AvgIpc) is 2.48. The van der Waals surface area contributed by atoms with Gasteiger partial charge < -0.3 is 9.47 Å². The minimum atomic E-state index is 0.274. The fourth-order valence-electron chi connectivity index (χ4n) is 1.92. The highest BCUT2D eigenvalue weighted by molar-refractivity contribution is 14.1. The molecule has 1 aromatic heterocycles. The molecule has 1 aromatic carbocycles. The van der Waals surface area contributed by atoms with Crippen LogP contribution >= 0.6 is 34.2 Å². The van der Waals surface area contributed by atoms with Crippen LogP contribution in [0.3, 0.4) is 0 Å². The minimum Gasteiger partial charge on any atom is -0.493 e. The highest BCUT2D eigenvalue weighted by atomic mass is 127. The van der Waals surface area contributed by atoms with Crippen molar-refractivity contribution in [3.05, 3.63) is 32.6 Å². The summed E-state index contributed by atoms with van der Waals surface area (Å²) >= 11 is 8.41. The van der Waals surface area contributed by atoms with Crippen molar-refractivity contribution in [1.82, 2.24) is 9.97 Å². The Balaban J connectivity index is 2.56. The van der Waals surface area contributed by atoms with Gasteiger partial charge in [0.25, 0.3) is 0 Å². The van der Waals surface area contributed by atoms with E-state index >= 15 is 0 Å². The van der Waals surface area contributed by atoms with Crippen LogP contribution in [0.1, 0.15) is 25.5 Å². The standard InChI is InChI=1S/C15H16ClIN2O2/c1-8(2)13-12(17)14(16)19-15(18-13)9-5-6-10(20-3)11(7-9)21-4/h5-8H,1-4H3. The van der Waals surface area contributed by atoms with Crippen LogP contribution in [-0.2, 0) is 0 Å². The Kier molecular flexibility index (Phi) is 5.27. The molecule has 2 rings (SSSR count). The van der Waals surface area contributed by atoms with E-state index in [1.54, 1.807) is 14.2 Å². The second kappa shape index (κ2) is 6.79. The van der Waals surface area contributed by atoms with Crippen molar-refractivity contribution in [1.29, 1.82) is 0 Å². The van der Waals surface area contributed by atoms with E-state index in [0.29, 0.717) is 22.5 Å². The fourth-order valence-corrected chi connectivity index (χ4v) is 2.96. The summed E-state index contributed by atoms with van der Waals surface area (Å²) in [5, 5.41) is 0.471. The molecule has 0 N–H and O–H groups in total. The van der Waals surface area contributed by atoms with Crippen molar-refractivity contribution in [2.24, 2.45) is 0 Å². The fraction of sp³-hybridized carbons (Fsp3) is 0.333. The molecule has 0 aliphatic carbocycles. The molecular formula is C15H16ClIN2O2. The van der Waals surface area contributed by atoms with Crippen LogP contribution in [0.5, 0.6) is 11.5 Å². The first-order chi connectivity index (χ1) is 9.97. The molecule has 0 unspecified atom stereocenters. The zero-order chi connectivity index (χ0) is 15.6. The van der Waals surface area contributed by atoms with Crippen molar-refractivity contribution < 1.29 is 9.47 Å². The number of aromatic nitrogens is 2. The number of ether oxygens (including phenoxy) is 2. The summed E-state index contributed by atoms with van der Waals surface area (Å²) in [7, 11) is 3.20. The van der Waals surface area contributed by atoms with E-state index in [0.717, 1.165) is 14.8 Å². The molecule has 0 radical (unpaired) electrons. The zero-order valence-corrected chi connectivity index (χ0v) is 15.2.